The van der Waals surface area contributed by atoms with E-state index in [-0.39, 0.29) is 36.8 Å². The van der Waals surface area contributed by atoms with Gasteiger partial charge in [-0.3, -0.25) is 0 Å². The summed E-state index contributed by atoms with van der Waals surface area (Å²) in [6, 6.07) is 15.5. The molecule has 0 radical (unpaired) electrons. The minimum absolute atomic E-state index is 0.00540. The fraction of sp³-hybridized carbons (Fsp3) is 0.524. The van der Waals surface area contributed by atoms with Gasteiger partial charge in [-0.1, -0.05) is 77.6 Å². The molecule has 0 aromatic heterocycles. The second-order valence-electron chi connectivity index (χ2n) is 14.1. The Morgan fingerprint density at radius 1 is 0.481 bits per heavy atom. The third-order valence-corrected chi connectivity index (χ3v) is 10.0. The van der Waals surface area contributed by atoms with Crippen LogP contribution >= 0.6 is 0 Å². The van der Waals surface area contributed by atoms with Crippen molar-refractivity contribution in [3.8, 4) is 0 Å². The van der Waals surface area contributed by atoms with Crippen molar-refractivity contribution in [3.63, 3.8) is 0 Å². The van der Waals surface area contributed by atoms with Gasteiger partial charge in [-0.05, 0) is 73.2 Å². The highest BCUT2D eigenvalue weighted by molar-refractivity contribution is 6.19. The molecule has 52 heavy (non-hydrogen) atoms. The quantitative estimate of drug-likeness (QED) is 0.0960. The third-order valence-electron chi connectivity index (χ3n) is 10.0. The second-order valence-corrected chi connectivity index (χ2v) is 14.1. The molecule has 2 aromatic carbocycles. The number of esters is 4. The summed E-state index contributed by atoms with van der Waals surface area (Å²) in [7, 11) is 0. The largest absolute Gasteiger partial charge is 0.419 e. The molecule has 280 valence electrons. The van der Waals surface area contributed by atoms with E-state index in [0.717, 1.165) is 88.9 Å². The van der Waals surface area contributed by atoms with Crippen LogP contribution in [-0.4, -0.2) is 61.6 Å². The van der Waals surface area contributed by atoms with Crippen molar-refractivity contribution in [1.82, 2.24) is 0 Å². The maximum absolute atomic E-state index is 13.2. The summed E-state index contributed by atoms with van der Waals surface area (Å²) in [6.45, 7) is 12.6. The molecule has 2 aliphatic heterocycles. The van der Waals surface area contributed by atoms with Crippen molar-refractivity contribution in [2.75, 3.05) is 36.0 Å². The lowest BCUT2D eigenvalue weighted by atomic mass is 9.87. The van der Waals surface area contributed by atoms with Crippen LogP contribution in [0.4, 0.5) is 11.4 Å². The molecular weight excluding hydrogens is 660 g/mol. The first kappa shape index (κ1) is 38.6. The van der Waals surface area contributed by atoms with Crippen LogP contribution in [0.1, 0.15) is 116 Å². The van der Waals surface area contributed by atoms with Crippen molar-refractivity contribution in [2.45, 2.75) is 116 Å². The van der Waals surface area contributed by atoms with E-state index in [1.165, 1.54) is 12.2 Å². The highest BCUT2D eigenvalue weighted by Gasteiger charge is 2.56. The van der Waals surface area contributed by atoms with Gasteiger partial charge < -0.3 is 28.7 Å². The second kappa shape index (κ2) is 17.8. The number of nitrogens with zero attached hydrogens (tertiary/aromatic N) is 2. The lowest BCUT2D eigenvalue weighted by Crippen LogP contribution is -2.56. The van der Waals surface area contributed by atoms with E-state index in [1.807, 2.05) is 48.5 Å². The lowest BCUT2D eigenvalue weighted by molar-refractivity contribution is -0.291. The minimum atomic E-state index is -1.53. The van der Waals surface area contributed by atoms with Gasteiger partial charge in [-0.25, -0.2) is 19.2 Å². The van der Waals surface area contributed by atoms with E-state index >= 15 is 0 Å². The SMILES string of the molecule is CCCCN(CCCC)c1ccc(C=C2C(=O)OC3(CCC4(CC3)OC(=O)C(=Cc3ccc(N(CCCC)CCCC)cc3)C(=O)O4)OC2=O)cc1. The standard InChI is InChI=1S/C42H54N2O8/c1-5-9-25-43(26-10-6-2)33-17-13-31(14-18-33)29-35-37(45)49-41(50-38(35)46)21-23-42(24-22-41)51-39(47)36(40(48)52-42)30-32-15-19-34(20-16-32)44(27-11-7-3)28-12-8-4/h13-20,29-30H,5-12,21-28H2,1-4H3. The maximum atomic E-state index is 13.2. The van der Waals surface area contributed by atoms with E-state index < -0.39 is 35.5 Å². The molecule has 0 N–H and O–H groups in total. The highest BCUT2D eigenvalue weighted by atomic mass is 16.8. The van der Waals surface area contributed by atoms with Crippen LogP contribution in [0.3, 0.4) is 0 Å². The zero-order valence-corrected chi connectivity index (χ0v) is 31.2. The van der Waals surface area contributed by atoms with Crippen molar-refractivity contribution in [3.05, 3.63) is 70.8 Å². The van der Waals surface area contributed by atoms with Gasteiger partial charge in [0.2, 0.25) is 0 Å². The Bertz CT molecular complexity index is 1440. The highest BCUT2D eigenvalue weighted by Crippen LogP contribution is 2.45. The van der Waals surface area contributed by atoms with Gasteiger partial charge in [-0.2, -0.15) is 0 Å². The third kappa shape index (κ3) is 9.43. The van der Waals surface area contributed by atoms with Crippen LogP contribution in [-0.2, 0) is 38.1 Å². The zero-order chi connectivity index (χ0) is 37.1. The first-order chi connectivity index (χ1) is 25.1. The molecule has 2 saturated heterocycles. The topological polar surface area (TPSA) is 112 Å². The van der Waals surface area contributed by atoms with Crippen LogP contribution in [0.15, 0.2) is 59.7 Å². The summed E-state index contributed by atoms with van der Waals surface area (Å²) in [5.74, 6) is -6.18. The molecule has 5 rings (SSSR count). The predicted molar refractivity (Wildman–Crippen MR) is 201 cm³/mol. The van der Waals surface area contributed by atoms with Gasteiger partial charge in [0.15, 0.2) is 0 Å². The monoisotopic (exact) mass is 714 g/mol. The number of rotatable bonds is 16. The van der Waals surface area contributed by atoms with E-state index in [4.69, 9.17) is 18.9 Å². The molecule has 3 fully saturated rings. The zero-order valence-electron chi connectivity index (χ0n) is 31.2. The van der Waals surface area contributed by atoms with Gasteiger partial charge in [-0.15, -0.1) is 0 Å². The normalized spacial score (nSPS) is 21.4. The fourth-order valence-corrected chi connectivity index (χ4v) is 6.79. The van der Waals surface area contributed by atoms with Gasteiger partial charge >= 0.3 is 23.9 Å². The van der Waals surface area contributed by atoms with E-state index in [0.29, 0.717) is 11.1 Å². The number of anilines is 2. The van der Waals surface area contributed by atoms with Crippen LogP contribution in [0.5, 0.6) is 0 Å². The molecule has 2 aromatic rings. The van der Waals surface area contributed by atoms with Crippen LogP contribution in [0, 0.1) is 0 Å². The first-order valence-corrected chi connectivity index (χ1v) is 19.2. The Kier molecular flexibility index (Phi) is 13.2. The van der Waals surface area contributed by atoms with Crippen molar-refractivity contribution in [2.24, 2.45) is 0 Å². The van der Waals surface area contributed by atoms with Crippen LogP contribution < -0.4 is 9.80 Å². The van der Waals surface area contributed by atoms with Gasteiger partial charge in [0.05, 0.1) is 0 Å². The molecule has 10 heteroatoms. The van der Waals surface area contributed by atoms with Crippen molar-refractivity contribution < 1.29 is 38.1 Å². The molecule has 0 unspecified atom stereocenters. The smallest absolute Gasteiger partial charge is 0.348 e. The molecule has 0 amide bonds. The summed E-state index contributed by atoms with van der Waals surface area (Å²) in [6.07, 6.45) is 11.8. The molecule has 2 heterocycles. The summed E-state index contributed by atoms with van der Waals surface area (Å²) < 4.78 is 22.9. The average Bonchev–Trinajstić information content (AvgIpc) is 3.14. The summed E-state index contributed by atoms with van der Waals surface area (Å²) in [5.41, 5.74) is 3.17. The predicted octanol–water partition coefficient (Wildman–Crippen LogP) is 8.13. The molecule has 0 bridgehead atoms. The molecule has 2 spiro atoms. The number of carbonyl (C=O) groups excluding carboxylic acids is 4. The Balaban J connectivity index is 1.19. The Morgan fingerprint density at radius 3 is 1.00 bits per heavy atom. The Hall–Kier alpha value is -4.60. The minimum Gasteiger partial charge on any atom is -0.419 e. The molecular formula is C42H54N2O8. The van der Waals surface area contributed by atoms with Crippen LogP contribution in [0.25, 0.3) is 12.2 Å². The average molecular weight is 715 g/mol. The summed E-state index contributed by atoms with van der Waals surface area (Å²) in [4.78, 5) is 57.3. The van der Waals surface area contributed by atoms with Crippen LogP contribution in [0.2, 0.25) is 0 Å². The van der Waals surface area contributed by atoms with E-state index in [2.05, 4.69) is 37.5 Å². The molecule has 1 aliphatic carbocycles. The number of unbranched alkanes of at least 4 members (excludes halogenated alkanes) is 4. The summed E-state index contributed by atoms with van der Waals surface area (Å²) in [5, 5.41) is 0. The number of hydrogen-bond acceptors (Lipinski definition) is 10. The number of carbonyl (C=O) groups is 4. The van der Waals surface area contributed by atoms with E-state index in [1.54, 1.807) is 0 Å². The molecule has 3 aliphatic rings. The van der Waals surface area contributed by atoms with Gasteiger partial charge in [0.1, 0.15) is 11.1 Å². The summed E-state index contributed by atoms with van der Waals surface area (Å²) >= 11 is 0. The lowest BCUT2D eigenvalue weighted by Gasteiger charge is -2.46. The molecule has 0 atom stereocenters. The molecule has 1 saturated carbocycles. The van der Waals surface area contributed by atoms with Gasteiger partial charge in [0.25, 0.3) is 11.6 Å². The number of benzene rings is 2. The first-order valence-electron chi connectivity index (χ1n) is 19.2. The fourth-order valence-electron chi connectivity index (χ4n) is 6.79. The number of ether oxygens (including phenoxy) is 4. The van der Waals surface area contributed by atoms with E-state index in [9.17, 15) is 19.2 Å². The van der Waals surface area contributed by atoms with Crippen molar-refractivity contribution >= 4 is 47.4 Å². The maximum Gasteiger partial charge on any atom is 0.348 e. The van der Waals surface area contributed by atoms with Crippen molar-refractivity contribution in [1.29, 1.82) is 0 Å². The Labute approximate surface area is 308 Å². The number of hydrogen-bond donors (Lipinski definition) is 0. The Morgan fingerprint density at radius 2 is 0.750 bits per heavy atom. The molecule has 10 nitrogen and oxygen atoms in total. The van der Waals surface area contributed by atoms with Gasteiger partial charge in [0, 0.05) is 63.2 Å².